The number of nitrogens with one attached hydrogen (secondary N) is 1. The molecule has 0 saturated carbocycles. The number of carbonyl (C=O) groups excluding carboxylic acids is 1. The van der Waals surface area contributed by atoms with E-state index in [4.69, 9.17) is 10.00 Å². The van der Waals surface area contributed by atoms with Gasteiger partial charge in [-0.2, -0.15) is 5.26 Å². The lowest BCUT2D eigenvalue weighted by Gasteiger charge is -2.42. The lowest BCUT2D eigenvalue weighted by Crippen LogP contribution is -2.57. The molecule has 1 saturated heterocycles. The fourth-order valence-corrected chi connectivity index (χ4v) is 3.37. The predicted octanol–water partition coefficient (Wildman–Crippen LogP) is 3.54. The monoisotopic (exact) mass is 348 g/mol. The maximum Gasteiger partial charge on any atom is 0.408 e. The third-order valence-corrected chi connectivity index (χ3v) is 4.38. The third-order valence-electron chi connectivity index (χ3n) is 3.76. The van der Waals surface area contributed by atoms with Gasteiger partial charge in [-0.25, -0.2) is 4.79 Å². The van der Waals surface area contributed by atoms with Gasteiger partial charge in [-0.05, 0) is 58.4 Å². The normalized spacial score (nSPS) is 21.0. The van der Waals surface area contributed by atoms with Crippen LogP contribution in [0.1, 0.15) is 40.5 Å². The number of hydrogen-bond acceptors (Lipinski definition) is 6. The average Bonchev–Trinajstić information content (AvgIpc) is 2.45. The summed E-state index contributed by atoms with van der Waals surface area (Å²) in [5, 5.41) is 14.1. The fourth-order valence-electron chi connectivity index (χ4n) is 2.86. The van der Waals surface area contributed by atoms with Crippen LogP contribution >= 0.6 is 11.8 Å². The molecule has 0 aromatic carbocycles. The molecule has 2 rings (SSSR count). The van der Waals surface area contributed by atoms with Crippen molar-refractivity contribution in [2.24, 2.45) is 0 Å². The summed E-state index contributed by atoms with van der Waals surface area (Å²) in [4.78, 5) is 19.3. The van der Waals surface area contributed by atoms with Crippen molar-refractivity contribution >= 4 is 23.5 Å². The zero-order chi connectivity index (χ0) is 17.8. The number of hydrogen-bond donors (Lipinski definition) is 1. The second-order valence-corrected chi connectivity index (χ2v) is 8.08. The number of nitriles is 1. The Balaban J connectivity index is 2.11. The predicted molar refractivity (Wildman–Crippen MR) is 94.9 cm³/mol. The van der Waals surface area contributed by atoms with E-state index < -0.39 is 11.7 Å². The highest BCUT2D eigenvalue weighted by molar-refractivity contribution is 8.03. The molecule has 0 spiro atoms. The van der Waals surface area contributed by atoms with Gasteiger partial charge in [0.25, 0.3) is 0 Å². The number of pyridine rings is 1. The molecule has 24 heavy (non-hydrogen) atoms. The van der Waals surface area contributed by atoms with Gasteiger partial charge in [-0.1, -0.05) is 0 Å². The Morgan fingerprint density at radius 1 is 1.54 bits per heavy atom. The minimum absolute atomic E-state index is 0.377. The van der Waals surface area contributed by atoms with Gasteiger partial charge in [-0.15, -0.1) is 0 Å². The van der Waals surface area contributed by atoms with E-state index in [0.717, 1.165) is 41.7 Å². The Bertz CT molecular complexity index is 638. The number of piperidine rings is 1. The number of amides is 1. The van der Waals surface area contributed by atoms with Gasteiger partial charge < -0.3 is 15.0 Å². The van der Waals surface area contributed by atoms with Crippen LogP contribution in [0.25, 0.3) is 0 Å². The zero-order valence-corrected chi connectivity index (χ0v) is 15.4. The average molecular weight is 348 g/mol. The smallest absolute Gasteiger partial charge is 0.408 e. The molecule has 0 unspecified atom stereocenters. The van der Waals surface area contributed by atoms with E-state index >= 15 is 0 Å². The van der Waals surface area contributed by atoms with Gasteiger partial charge in [0.2, 0.25) is 0 Å². The molecule has 1 amide bonds. The summed E-state index contributed by atoms with van der Waals surface area (Å²) in [6, 6.07) is 1.92. The van der Waals surface area contributed by atoms with Crippen molar-refractivity contribution in [3.63, 3.8) is 0 Å². The molecule has 0 aliphatic carbocycles. The molecule has 1 fully saturated rings. The SMILES string of the molecule is CC(C)(C)OC(=O)N[C@@]1(C)CCCN(c2ccncc2SC#N)C1. The second kappa shape index (κ2) is 7.31. The highest BCUT2D eigenvalue weighted by Crippen LogP contribution is 2.32. The van der Waals surface area contributed by atoms with Crippen LogP contribution in [0.5, 0.6) is 0 Å². The van der Waals surface area contributed by atoms with Crippen LogP contribution in [0.4, 0.5) is 10.5 Å². The Kier molecular flexibility index (Phi) is 5.60. The number of thioether (sulfide) groups is 1. The van der Waals surface area contributed by atoms with Crippen LogP contribution in [-0.2, 0) is 4.74 Å². The lowest BCUT2D eigenvalue weighted by molar-refractivity contribution is 0.0454. The van der Waals surface area contributed by atoms with E-state index in [2.05, 4.69) is 20.6 Å². The molecule has 7 heteroatoms. The topological polar surface area (TPSA) is 78.2 Å². The molecule has 2 heterocycles. The highest BCUT2D eigenvalue weighted by Gasteiger charge is 2.34. The standard InChI is InChI=1S/C17H24N4O2S/c1-16(2,3)23-15(22)20-17(4)7-5-9-21(11-17)13-6-8-19-10-14(13)24-12-18/h6,8,10H,5,7,9,11H2,1-4H3,(H,20,22)/t17-/m0/s1. The first-order valence-corrected chi connectivity index (χ1v) is 8.80. The van der Waals surface area contributed by atoms with Crippen molar-refractivity contribution in [2.45, 2.75) is 56.6 Å². The summed E-state index contributed by atoms with van der Waals surface area (Å²) in [6.45, 7) is 9.13. The summed E-state index contributed by atoms with van der Waals surface area (Å²) >= 11 is 1.11. The van der Waals surface area contributed by atoms with Gasteiger partial charge in [0.05, 0.1) is 16.1 Å². The highest BCUT2D eigenvalue weighted by atomic mass is 32.2. The molecule has 1 aromatic rings. The van der Waals surface area contributed by atoms with Crippen LogP contribution in [0.2, 0.25) is 0 Å². The third kappa shape index (κ3) is 5.03. The van der Waals surface area contributed by atoms with Gasteiger partial charge in [0.1, 0.15) is 11.0 Å². The minimum atomic E-state index is -0.517. The zero-order valence-electron chi connectivity index (χ0n) is 14.6. The first-order chi connectivity index (χ1) is 11.2. The van der Waals surface area contributed by atoms with Crippen molar-refractivity contribution in [1.82, 2.24) is 10.3 Å². The molecule has 1 aliphatic heterocycles. The lowest BCUT2D eigenvalue weighted by atomic mass is 9.91. The number of anilines is 1. The fraction of sp³-hybridized carbons (Fsp3) is 0.588. The summed E-state index contributed by atoms with van der Waals surface area (Å²) in [5.41, 5.74) is 0.0861. The largest absolute Gasteiger partial charge is 0.444 e. The molecule has 130 valence electrons. The molecule has 1 atom stereocenters. The van der Waals surface area contributed by atoms with Gasteiger partial charge in [0.15, 0.2) is 0 Å². The van der Waals surface area contributed by atoms with Crippen molar-refractivity contribution in [1.29, 1.82) is 5.26 Å². The van der Waals surface area contributed by atoms with Crippen LogP contribution in [-0.4, -0.2) is 35.3 Å². The number of aromatic nitrogens is 1. The van der Waals surface area contributed by atoms with Crippen molar-refractivity contribution in [2.75, 3.05) is 18.0 Å². The number of rotatable bonds is 3. The van der Waals surface area contributed by atoms with Crippen LogP contribution in [0, 0.1) is 10.7 Å². The summed E-state index contributed by atoms with van der Waals surface area (Å²) in [7, 11) is 0. The van der Waals surface area contributed by atoms with Crippen molar-refractivity contribution in [3.8, 4) is 5.40 Å². The molecule has 0 bridgehead atoms. The quantitative estimate of drug-likeness (QED) is 0.665. The summed E-state index contributed by atoms with van der Waals surface area (Å²) < 4.78 is 5.38. The molecular formula is C17H24N4O2S. The molecule has 1 N–H and O–H groups in total. The maximum absolute atomic E-state index is 12.1. The van der Waals surface area contributed by atoms with E-state index in [9.17, 15) is 4.79 Å². The number of ether oxygens (including phenoxy) is 1. The van der Waals surface area contributed by atoms with Crippen LogP contribution in [0.15, 0.2) is 23.4 Å². The van der Waals surface area contributed by atoms with Gasteiger partial charge >= 0.3 is 6.09 Å². The Morgan fingerprint density at radius 3 is 2.96 bits per heavy atom. The Labute approximate surface area is 147 Å². The number of nitrogens with zero attached hydrogens (tertiary/aromatic N) is 3. The molecule has 1 aromatic heterocycles. The Morgan fingerprint density at radius 2 is 2.29 bits per heavy atom. The summed E-state index contributed by atoms with van der Waals surface area (Å²) in [6.07, 6.45) is 4.87. The minimum Gasteiger partial charge on any atom is -0.444 e. The molecule has 0 radical (unpaired) electrons. The number of alkyl carbamates (subject to hydrolysis) is 1. The number of carbonyl (C=O) groups is 1. The molecular weight excluding hydrogens is 324 g/mol. The van der Waals surface area contributed by atoms with Gasteiger partial charge in [-0.3, -0.25) is 4.98 Å². The van der Waals surface area contributed by atoms with Gasteiger partial charge in [0, 0.05) is 25.5 Å². The molecule has 1 aliphatic rings. The first-order valence-electron chi connectivity index (χ1n) is 7.98. The summed E-state index contributed by atoms with van der Waals surface area (Å²) in [5.74, 6) is 0. The first kappa shape index (κ1) is 18.4. The number of thiocyanates is 1. The maximum atomic E-state index is 12.1. The Hall–Kier alpha value is -1.94. The van der Waals surface area contributed by atoms with E-state index in [1.165, 1.54) is 0 Å². The van der Waals surface area contributed by atoms with Crippen LogP contribution in [0.3, 0.4) is 0 Å². The van der Waals surface area contributed by atoms with E-state index in [1.807, 2.05) is 33.8 Å². The van der Waals surface area contributed by atoms with E-state index in [-0.39, 0.29) is 5.54 Å². The van der Waals surface area contributed by atoms with E-state index in [1.54, 1.807) is 12.4 Å². The van der Waals surface area contributed by atoms with Crippen molar-refractivity contribution in [3.05, 3.63) is 18.5 Å². The van der Waals surface area contributed by atoms with E-state index in [0.29, 0.717) is 6.54 Å². The molecule has 6 nitrogen and oxygen atoms in total. The van der Waals surface area contributed by atoms with Crippen LogP contribution < -0.4 is 10.2 Å². The second-order valence-electron chi connectivity index (χ2n) is 7.25. The van der Waals surface area contributed by atoms with Crippen molar-refractivity contribution < 1.29 is 9.53 Å².